The number of hydrogen-bond acceptors (Lipinski definition) is 3. The van der Waals surface area contributed by atoms with Crippen molar-refractivity contribution < 1.29 is 13.5 Å². The van der Waals surface area contributed by atoms with Gasteiger partial charge >= 0.3 is 0 Å². The van der Waals surface area contributed by atoms with E-state index in [2.05, 4.69) is 10.3 Å². The highest BCUT2D eigenvalue weighted by Gasteiger charge is 2.16. The van der Waals surface area contributed by atoms with Crippen molar-refractivity contribution in [2.45, 2.75) is 20.4 Å². The predicted molar refractivity (Wildman–Crippen MR) is 93.9 cm³/mol. The number of halogens is 2. The molecule has 3 rings (SSSR count). The van der Waals surface area contributed by atoms with Crippen molar-refractivity contribution in [1.29, 1.82) is 0 Å². The van der Waals surface area contributed by atoms with Gasteiger partial charge in [-0.3, -0.25) is 4.98 Å². The number of pyridine rings is 1. The van der Waals surface area contributed by atoms with Crippen LogP contribution in [0.25, 0.3) is 0 Å². The lowest BCUT2D eigenvalue weighted by Crippen LogP contribution is -2.04. The van der Waals surface area contributed by atoms with Crippen LogP contribution in [0.3, 0.4) is 0 Å². The van der Waals surface area contributed by atoms with Gasteiger partial charge in [0, 0.05) is 30.2 Å². The minimum Gasteiger partial charge on any atom is -0.451 e. The highest BCUT2D eigenvalue weighted by Crippen LogP contribution is 2.30. The SMILES string of the molecule is Cc1ccc(Oc2c(F)ccc(CNc3ccncc3)c2F)cc1C. The van der Waals surface area contributed by atoms with Gasteiger partial charge in [0.05, 0.1) is 0 Å². The number of nitrogens with one attached hydrogen (secondary N) is 1. The second-order valence-corrected chi connectivity index (χ2v) is 5.79. The van der Waals surface area contributed by atoms with Crippen LogP contribution in [0.15, 0.2) is 54.9 Å². The number of benzene rings is 2. The molecule has 0 spiro atoms. The van der Waals surface area contributed by atoms with Crippen LogP contribution < -0.4 is 10.1 Å². The number of ether oxygens (including phenoxy) is 1. The maximum absolute atomic E-state index is 14.7. The zero-order valence-electron chi connectivity index (χ0n) is 14.0. The van der Waals surface area contributed by atoms with Gasteiger partial charge in [0.25, 0.3) is 0 Å². The summed E-state index contributed by atoms with van der Waals surface area (Å²) in [4.78, 5) is 3.92. The summed E-state index contributed by atoms with van der Waals surface area (Å²) in [5.74, 6) is -1.43. The lowest BCUT2D eigenvalue weighted by atomic mass is 10.1. The fraction of sp³-hybridized carbons (Fsp3) is 0.150. The highest BCUT2D eigenvalue weighted by molar-refractivity contribution is 5.44. The molecule has 0 unspecified atom stereocenters. The van der Waals surface area contributed by atoms with Gasteiger partial charge in [0.2, 0.25) is 0 Å². The summed E-state index contributed by atoms with van der Waals surface area (Å²) < 4.78 is 34.2. The first-order chi connectivity index (χ1) is 12.0. The van der Waals surface area contributed by atoms with E-state index in [0.29, 0.717) is 11.3 Å². The molecule has 0 radical (unpaired) electrons. The van der Waals surface area contributed by atoms with Gasteiger partial charge < -0.3 is 10.1 Å². The summed E-state index contributed by atoms with van der Waals surface area (Å²) in [6.45, 7) is 4.09. The summed E-state index contributed by atoms with van der Waals surface area (Å²) in [6, 6.07) is 11.5. The molecule has 3 aromatic rings. The highest BCUT2D eigenvalue weighted by atomic mass is 19.1. The van der Waals surface area contributed by atoms with Crippen LogP contribution in [0.2, 0.25) is 0 Å². The molecule has 0 fully saturated rings. The summed E-state index contributed by atoms with van der Waals surface area (Å²) >= 11 is 0. The largest absolute Gasteiger partial charge is 0.451 e. The minimum absolute atomic E-state index is 0.208. The normalized spacial score (nSPS) is 10.6. The zero-order chi connectivity index (χ0) is 17.8. The average Bonchev–Trinajstić information content (AvgIpc) is 2.62. The van der Waals surface area contributed by atoms with E-state index in [-0.39, 0.29) is 6.54 Å². The Morgan fingerprint density at radius 3 is 2.44 bits per heavy atom. The van der Waals surface area contributed by atoms with Crippen molar-refractivity contribution in [3.8, 4) is 11.5 Å². The van der Waals surface area contributed by atoms with Crippen molar-refractivity contribution >= 4 is 5.69 Å². The van der Waals surface area contributed by atoms with Gasteiger partial charge in [-0.2, -0.15) is 0 Å². The summed E-state index contributed by atoms with van der Waals surface area (Å²) in [5, 5.41) is 3.07. The van der Waals surface area contributed by atoms with Crippen molar-refractivity contribution in [3.05, 3.63) is 83.2 Å². The number of hydrogen-bond donors (Lipinski definition) is 1. The molecule has 0 aliphatic heterocycles. The molecule has 1 heterocycles. The van der Waals surface area contributed by atoms with Crippen LogP contribution in [0, 0.1) is 25.5 Å². The molecule has 25 heavy (non-hydrogen) atoms. The van der Waals surface area contributed by atoms with E-state index in [1.54, 1.807) is 36.7 Å². The molecule has 0 saturated heterocycles. The third kappa shape index (κ3) is 3.94. The lowest BCUT2D eigenvalue weighted by Gasteiger charge is -2.13. The van der Waals surface area contributed by atoms with Gasteiger partial charge in [-0.15, -0.1) is 0 Å². The Kier molecular flexibility index (Phi) is 4.93. The van der Waals surface area contributed by atoms with Gasteiger partial charge in [0.1, 0.15) is 5.75 Å². The molecule has 1 N–H and O–H groups in total. The zero-order valence-corrected chi connectivity index (χ0v) is 14.0. The molecule has 1 aromatic heterocycles. The minimum atomic E-state index is -0.733. The molecule has 0 aliphatic rings. The van der Waals surface area contributed by atoms with Crippen molar-refractivity contribution in [1.82, 2.24) is 4.98 Å². The Morgan fingerprint density at radius 1 is 0.960 bits per heavy atom. The van der Waals surface area contributed by atoms with Crippen LogP contribution in [0.5, 0.6) is 11.5 Å². The van der Waals surface area contributed by atoms with Crippen LogP contribution in [0.1, 0.15) is 16.7 Å². The number of aromatic nitrogens is 1. The fourth-order valence-electron chi connectivity index (χ4n) is 2.37. The fourth-order valence-corrected chi connectivity index (χ4v) is 2.37. The first kappa shape index (κ1) is 16.9. The maximum atomic E-state index is 14.7. The molecule has 2 aromatic carbocycles. The average molecular weight is 340 g/mol. The Labute approximate surface area is 145 Å². The van der Waals surface area contributed by atoms with Crippen molar-refractivity contribution in [3.63, 3.8) is 0 Å². The van der Waals surface area contributed by atoms with Crippen molar-refractivity contribution in [2.75, 3.05) is 5.32 Å². The van der Waals surface area contributed by atoms with Crippen molar-refractivity contribution in [2.24, 2.45) is 0 Å². The van der Waals surface area contributed by atoms with E-state index in [9.17, 15) is 8.78 Å². The summed E-state index contributed by atoms with van der Waals surface area (Å²) in [7, 11) is 0. The van der Waals surface area contributed by atoms with Gasteiger partial charge in [0.15, 0.2) is 17.4 Å². The molecule has 0 atom stereocenters. The van der Waals surface area contributed by atoms with E-state index >= 15 is 0 Å². The summed E-state index contributed by atoms with van der Waals surface area (Å²) in [6.07, 6.45) is 3.27. The molecule has 128 valence electrons. The van der Waals surface area contributed by atoms with E-state index in [1.165, 1.54) is 12.1 Å². The van der Waals surface area contributed by atoms with Crippen LogP contribution in [-0.4, -0.2) is 4.98 Å². The van der Waals surface area contributed by atoms with Crippen LogP contribution >= 0.6 is 0 Å². The second-order valence-electron chi connectivity index (χ2n) is 5.79. The maximum Gasteiger partial charge on any atom is 0.198 e. The Morgan fingerprint density at radius 2 is 1.72 bits per heavy atom. The number of rotatable bonds is 5. The summed E-state index contributed by atoms with van der Waals surface area (Å²) in [5.41, 5.74) is 3.20. The molecule has 0 amide bonds. The third-order valence-electron chi connectivity index (χ3n) is 3.99. The molecule has 5 heteroatoms. The van der Waals surface area contributed by atoms with Gasteiger partial charge in [-0.1, -0.05) is 12.1 Å². The molecule has 0 bridgehead atoms. The third-order valence-corrected chi connectivity index (χ3v) is 3.99. The molecular formula is C20H18F2N2O. The van der Waals surface area contributed by atoms with Gasteiger partial charge in [-0.25, -0.2) is 8.78 Å². The lowest BCUT2D eigenvalue weighted by molar-refractivity contribution is 0.404. The van der Waals surface area contributed by atoms with Crippen LogP contribution in [-0.2, 0) is 6.54 Å². The molecular weight excluding hydrogens is 322 g/mol. The van der Waals surface area contributed by atoms with Crippen LogP contribution in [0.4, 0.5) is 14.5 Å². The number of anilines is 1. The topological polar surface area (TPSA) is 34.1 Å². The second kappa shape index (κ2) is 7.30. The van der Waals surface area contributed by atoms with E-state index < -0.39 is 17.4 Å². The Bertz CT molecular complexity index is 882. The van der Waals surface area contributed by atoms with Gasteiger partial charge in [-0.05, 0) is 55.3 Å². The smallest absolute Gasteiger partial charge is 0.198 e. The molecule has 0 saturated carbocycles. The van der Waals surface area contributed by atoms with E-state index in [4.69, 9.17) is 4.74 Å². The quantitative estimate of drug-likeness (QED) is 0.677. The Balaban J connectivity index is 1.83. The monoisotopic (exact) mass is 340 g/mol. The number of nitrogens with zero attached hydrogens (tertiary/aromatic N) is 1. The molecule has 0 aliphatic carbocycles. The van der Waals surface area contributed by atoms with E-state index in [1.807, 2.05) is 19.9 Å². The predicted octanol–water partition coefficient (Wildman–Crippen LogP) is 5.38. The molecule has 3 nitrogen and oxygen atoms in total. The Hall–Kier alpha value is -2.95. The first-order valence-electron chi connectivity index (χ1n) is 7.90. The number of aryl methyl sites for hydroxylation is 2. The first-order valence-corrected chi connectivity index (χ1v) is 7.90. The van der Waals surface area contributed by atoms with E-state index in [0.717, 1.165) is 16.8 Å². The standard InChI is InChI=1S/C20H18F2N2O/c1-13-3-5-17(11-14(13)2)25-20-18(21)6-4-15(19(20)22)12-24-16-7-9-23-10-8-16/h3-11H,12H2,1-2H3,(H,23,24).